The Hall–Kier alpha value is -2.94. The molecule has 3 heterocycles. The maximum atomic E-state index is 12.2. The van der Waals surface area contributed by atoms with Gasteiger partial charge in [-0.15, -0.1) is 0 Å². The van der Waals surface area contributed by atoms with Crippen LogP contribution < -0.4 is 21.3 Å². The standard InChI is InChI=1S/C19H21BrN6O2/c20-15-9-16(21)17(23-11-15)5-1-2-6-22-19-24-10-14(18(27)25-19)8-13-4-3-7-26(28)12-13/h3-4,7,9-12H,1-2,5-6,8,21H2,(H2,22,24,25,27). The van der Waals surface area contributed by atoms with Crippen molar-refractivity contribution in [1.82, 2.24) is 15.0 Å². The summed E-state index contributed by atoms with van der Waals surface area (Å²) >= 11 is 3.34. The highest BCUT2D eigenvalue weighted by atomic mass is 79.9. The highest BCUT2D eigenvalue weighted by Gasteiger charge is 2.06. The van der Waals surface area contributed by atoms with E-state index in [1.807, 2.05) is 6.07 Å². The van der Waals surface area contributed by atoms with Gasteiger partial charge in [-0.1, -0.05) is 0 Å². The number of nitrogens with zero attached hydrogens (tertiary/aromatic N) is 3. The van der Waals surface area contributed by atoms with Crippen molar-refractivity contribution in [3.8, 4) is 0 Å². The zero-order valence-corrected chi connectivity index (χ0v) is 16.8. The fourth-order valence-corrected chi connectivity index (χ4v) is 3.13. The predicted molar refractivity (Wildman–Crippen MR) is 111 cm³/mol. The van der Waals surface area contributed by atoms with Crippen LogP contribution in [0.2, 0.25) is 0 Å². The van der Waals surface area contributed by atoms with Crippen LogP contribution in [0, 0.1) is 5.21 Å². The number of nitrogens with two attached hydrogens (primary N) is 1. The minimum Gasteiger partial charge on any atom is -0.619 e. The third-order valence-electron chi connectivity index (χ3n) is 4.21. The predicted octanol–water partition coefficient (Wildman–Crippen LogP) is 2.17. The average molecular weight is 445 g/mol. The lowest BCUT2D eigenvalue weighted by Crippen LogP contribution is -2.25. The van der Waals surface area contributed by atoms with Gasteiger partial charge in [0.2, 0.25) is 5.95 Å². The Morgan fingerprint density at radius 1 is 1.29 bits per heavy atom. The summed E-state index contributed by atoms with van der Waals surface area (Å²) in [6, 6.07) is 5.30. The summed E-state index contributed by atoms with van der Waals surface area (Å²) in [6.45, 7) is 0.674. The molecule has 4 N–H and O–H groups in total. The monoisotopic (exact) mass is 444 g/mol. The summed E-state index contributed by atoms with van der Waals surface area (Å²) in [7, 11) is 0. The Balaban J connectivity index is 1.47. The molecule has 0 saturated heterocycles. The molecule has 0 aliphatic carbocycles. The van der Waals surface area contributed by atoms with Crippen LogP contribution in [0.3, 0.4) is 0 Å². The van der Waals surface area contributed by atoms with Gasteiger partial charge in [-0.2, -0.15) is 4.73 Å². The summed E-state index contributed by atoms with van der Waals surface area (Å²) in [4.78, 5) is 23.5. The van der Waals surface area contributed by atoms with Gasteiger partial charge in [0.05, 0.1) is 11.4 Å². The third kappa shape index (κ3) is 5.53. The van der Waals surface area contributed by atoms with E-state index in [-0.39, 0.29) is 5.56 Å². The molecule has 0 aliphatic heterocycles. The number of aryl methyl sites for hydroxylation is 1. The minimum absolute atomic E-state index is 0.217. The number of nitrogen functional groups attached to an aromatic ring is 1. The fraction of sp³-hybridized carbons (Fsp3) is 0.263. The van der Waals surface area contributed by atoms with Crippen LogP contribution in [0.25, 0.3) is 0 Å². The summed E-state index contributed by atoms with van der Waals surface area (Å²) in [6.07, 6.45) is 9.07. The summed E-state index contributed by atoms with van der Waals surface area (Å²) in [5, 5.41) is 14.4. The average Bonchev–Trinajstić information content (AvgIpc) is 2.65. The van der Waals surface area contributed by atoms with Crippen LogP contribution in [-0.4, -0.2) is 21.5 Å². The van der Waals surface area contributed by atoms with Gasteiger partial charge in [-0.3, -0.25) is 14.8 Å². The first-order valence-corrected chi connectivity index (χ1v) is 9.70. The SMILES string of the molecule is Nc1cc(Br)cnc1CCCCNc1ncc(Cc2ccc[n+]([O-])c2)c(=O)[nH]1. The van der Waals surface area contributed by atoms with Crippen molar-refractivity contribution in [2.45, 2.75) is 25.7 Å². The van der Waals surface area contributed by atoms with E-state index in [2.05, 4.69) is 36.2 Å². The zero-order chi connectivity index (χ0) is 19.9. The molecule has 9 heteroatoms. The number of pyridine rings is 2. The van der Waals surface area contributed by atoms with Crippen molar-refractivity contribution < 1.29 is 4.73 Å². The van der Waals surface area contributed by atoms with Crippen LogP contribution in [0.5, 0.6) is 0 Å². The molecule has 0 radical (unpaired) electrons. The zero-order valence-electron chi connectivity index (χ0n) is 15.2. The van der Waals surface area contributed by atoms with E-state index in [0.717, 1.165) is 35.0 Å². The summed E-state index contributed by atoms with van der Waals surface area (Å²) < 4.78 is 1.58. The number of anilines is 2. The van der Waals surface area contributed by atoms with Crippen molar-refractivity contribution in [2.24, 2.45) is 0 Å². The Bertz CT molecular complexity index is 1010. The maximum Gasteiger partial charge on any atom is 0.255 e. The van der Waals surface area contributed by atoms with E-state index in [1.54, 1.807) is 18.3 Å². The first-order valence-electron chi connectivity index (χ1n) is 8.91. The lowest BCUT2D eigenvalue weighted by atomic mass is 10.1. The van der Waals surface area contributed by atoms with Crippen molar-refractivity contribution in [3.63, 3.8) is 0 Å². The normalized spacial score (nSPS) is 10.8. The van der Waals surface area contributed by atoms with Gasteiger partial charge in [0.25, 0.3) is 5.56 Å². The van der Waals surface area contributed by atoms with E-state index in [9.17, 15) is 10.0 Å². The Kier molecular flexibility index (Phi) is 6.59. The molecule has 0 aliphatic rings. The van der Waals surface area contributed by atoms with Gasteiger partial charge in [0, 0.05) is 47.0 Å². The Morgan fingerprint density at radius 2 is 2.14 bits per heavy atom. The number of hydrogen-bond acceptors (Lipinski definition) is 6. The van der Waals surface area contributed by atoms with Crippen LogP contribution >= 0.6 is 15.9 Å². The van der Waals surface area contributed by atoms with Gasteiger partial charge in [0.1, 0.15) is 0 Å². The van der Waals surface area contributed by atoms with Crippen LogP contribution in [0.1, 0.15) is 29.7 Å². The minimum atomic E-state index is -0.217. The number of aromatic amines is 1. The largest absolute Gasteiger partial charge is 0.619 e. The highest BCUT2D eigenvalue weighted by Crippen LogP contribution is 2.17. The second-order valence-electron chi connectivity index (χ2n) is 6.41. The van der Waals surface area contributed by atoms with Crippen molar-refractivity contribution in [1.29, 1.82) is 0 Å². The number of unbranched alkanes of at least 4 members (excludes halogenated alkanes) is 1. The molecule has 0 spiro atoms. The molecular weight excluding hydrogens is 424 g/mol. The first-order chi connectivity index (χ1) is 13.5. The second kappa shape index (κ2) is 9.32. The Labute approximate surface area is 170 Å². The molecule has 28 heavy (non-hydrogen) atoms. The third-order valence-corrected chi connectivity index (χ3v) is 4.64. The molecule has 146 valence electrons. The molecule has 3 aromatic rings. The number of H-pyrrole nitrogens is 1. The van der Waals surface area contributed by atoms with Crippen LogP contribution in [-0.2, 0) is 12.8 Å². The van der Waals surface area contributed by atoms with Gasteiger partial charge in [-0.25, -0.2) is 4.98 Å². The number of nitrogens with one attached hydrogen (secondary N) is 2. The van der Waals surface area contributed by atoms with E-state index < -0.39 is 0 Å². The fourth-order valence-electron chi connectivity index (χ4n) is 2.78. The van der Waals surface area contributed by atoms with Crippen LogP contribution in [0.4, 0.5) is 11.6 Å². The number of halogens is 1. The molecule has 0 unspecified atom stereocenters. The highest BCUT2D eigenvalue weighted by molar-refractivity contribution is 9.10. The molecule has 0 aromatic carbocycles. The molecule has 3 aromatic heterocycles. The van der Waals surface area contributed by atoms with Crippen molar-refractivity contribution >= 4 is 27.6 Å². The van der Waals surface area contributed by atoms with E-state index >= 15 is 0 Å². The van der Waals surface area contributed by atoms with E-state index in [4.69, 9.17) is 5.73 Å². The Morgan fingerprint density at radius 3 is 2.89 bits per heavy atom. The van der Waals surface area contributed by atoms with Gasteiger partial charge in [-0.05, 0) is 47.3 Å². The van der Waals surface area contributed by atoms with Crippen molar-refractivity contribution in [3.05, 3.63) is 79.8 Å². The first kappa shape index (κ1) is 19.8. The molecule has 8 nitrogen and oxygen atoms in total. The molecule has 0 amide bonds. The van der Waals surface area contributed by atoms with Crippen LogP contribution in [0.15, 0.2) is 52.3 Å². The molecule has 0 fully saturated rings. The summed E-state index contributed by atoms with van der Waals surface area (Å²) in [5.74, 6) is 0.432. The molecule has 0 bridgehead atoms. The lowest BCUT2D eigenvalue weighted by Gasteiger charge is -2.07. The van der Waals surface area contributed by atoms with E-state index in [0.29, 0.717) is 34.9 Å². The quantitative estimate of drug-likeness (QED) is 0.277. The maximum absolute atomic E-state index is 12.2. The molecule has 3 rings (SSSR count). The topological polar surface area (TPSA) is 124 Å². The smallest absolute Gasteiger partial charge is 0.255 e. The second-order valence-corrected chi connectivity index (χ2v) is 7.32. The number of rotatable bonds is 8. The molecule has 0 saturated carbocycles. The van der Waals surface area contributed by atoms with Gasteiger partial charge >= 0.3 is 0 Å². The summed E-state index contributed by atoms with van der Waals surface area (Å²) in [5.41, 5.74) is 8.57. The number of aromatic nitrogens is 4. The number of hydrogen-bond donors (Lipinski definition) is 3. The van der Waals surface area contributed by atoms with E-state index in [1.165, 1.54) is 18.6 Å². The van der Waals surface area contributed by atoms with Gasteiger partial charge in [0.15, 0.2) is 12.4 Å². The van der Waals surface area contributed by atoms with Crippen molar-refractivity contribution in [2.75, 3.05) is 17.6 Å². The van der Waals surface area contributed by atoms with Gasteiger partial charge < -0.3 is 16.3 Å². The molecular formula is C19H21BrN6O2. The molecule has 0 atom stereocenters. The lowest BCUT2D eigenvalue weighted by molar-refractivity contribution is -0.605.